The number of aromatic nitrogens is 2. The molecule has 4 nitrogen and oxygen atoms in total. The first-order chi connectivity index (χ1) is 8.40. The maximum atomic E-state index is 11.0. The van der Waals surface area contributed by atoms with E-state index in [0.717, 1.165) is 43.1 Å². The van der Waals surface area contributed by atoms with E-state index in [1.807, 2.05) is 28.9 Å². The molecule has 1 aromatic carbocycles. The van der Waals surface area contributed by atoms with Gasteiger partial charge in [-0.3, -0.25) is 4.79 Å². The molecule has 0 amide bonds. The van der Waals surface area contributed by atoms with Gasteiger partial charge in [0.2, 0.25) is 0 Å². The highest BCUT2D eigenvalue weighted by molar-refractivity contribution is 5.95. The van der Waals surface area contributed by atoms with Gasteiger partial charge in [0.25, 0.3) is 0 Å². The van der Waals surface area contributed by atoms with E-state index in [-0.39, 0.29) is 6.23 Å². The highest BCUT2D eigenvalue weighted by Gasteiger charge is 2.20. The molecule has 0 aliphatic carbocycles. The Hall–Kier alpha value is -1.68. The van der Waals surface area contributed by atoms with Crippen LogP contribution in [0.1, 0.15) is 36.0 Å². The van der Waals surface area contributed by atoms with Crippen molar-refractivity contribution in [1.82, 2.24) is 9.78 Å². The molecule has 4 heteroatoms. The predicted octanol–water partition coefficient (Wildman–Crippen LogP) is 2.55. The lowest BCUT2D eigenvalue weighted by Gasteiger charge is -2.23. The van der Waals surface area contributed by atoms with Crippen molar-refractivity contribution in [2.75, 3.05) is 6.61 Å². The molecule has 1 fully saturated rings. The van der Waals surface area contributed by atoms with Crippen LogP contribution in [0.15, 0.2) is 24.3 Å². The van der Waals surface area contributed by atoms with E-state index in [0.29, 0.717) is 5.69 Å². The van der Waals surface area contributed by atoms with Crippen molar-refractivity contribution in [2.24, 2.45) is 0 Å². The Bertz CT molecular complexity index is 541. The minimum absolute atomic E-state index is 0.0256. The molecular weight excluding hydrogens is 216 g/mol. The van der Waals surface area contributed by atoms with Crippen molar-refractivity contribution in [3.8, 4) is 0 Å². The molecule has 1 aliphatic rings. The van der Waals surface area contributed by atoms with Gasteiger partial charge in [0, 0.05) is 12.0 Å². The Labute approximate surface area is 99.2 Å². The van der Waals surface area contributed by atoms with Crippen molar-refractivity contribution in [3.63, 3.8) is 0 Å². The van der Waals surface area contributed by atoms with Crippen molar-refractivity contribution in [1.29, 1.82) is 0 Å². The lowest BCUT2D eigenvalue weighted by atomic mass is 10.2. The maximum absolute atomic E-state index is 11.0. The Kier molecular flexibility index (Phi) is 2.65. The molecule has 0 unspecified atom stereocenters. The van der Waals surface area contributed by atoms with Gasteiger partial charge in [-0.15, -0.1) is 0 Å². The van der Waals surface area contributed by atoms with E-state index >= 15 is 0 Å². The summed E-state index contributed by atoms with van der Waals surface area (Å²) in [6.07, 6.45) is 4.00. The third-order valence-corrected chi connectivity index (χ3v) is 3.18. The average Bonchev–Trinajstić information content (AvgIpc) is 2.78. The molecule has 0 bridgehead atoms. The topological polar surface area (TPSA) is 44.1 Å². The van der Waals surface area contributed by atoms with Gasteiger partial charge in [-0.1, -0.05) is 18.2 Å². The second-order valence-electron chi connectivity index (χ2n) is 4.29. The number of fused-ring (bicyclic) bond motifs is 1. The zero-order chi connectivity index (χ0) is 11.7. The molecule has 0 spiro atoms. The molecule has 2 heterocycles. The smallest absolute Gasteiger partial charge is 0.170 e. The summed E-state index contributed by atoms with van der Waals surface area (Å²) in [7, 11) is 0. The summed E-state index contributed by atoms with van der Waals surface area (Å²) in [6.45, 7) is 0.773. The number of rotatable bonds is 2. The summed E-state index contributed by atoms with van der Waals surface area (Å²) in [6, 6.07) is 7.78. The van der Waals surface area contributed by atoms with Crippen LogP contribution in [0.2, 0.25) is 0 Å². The van der Waals surface area contributed by atoms with Crippen LogP contribution >= 0.6 is 0 Å². The van der Waals surface area contributed by atoms with Gasteiger partial charge < -0.3 is 4.74 Å². The van der Waals surface area contributed by atoms with E-state index in [1.165, 1.54) is 0 Å². The summed E-state index contributed by atoms with van der Waals surface area (Å²) in [5.74, 6) is 0. The quantitative estimate of drug-likeness (QED) is 0.745. The number of carbonyl (C=O) groups is 1. The molecule has 2 aromatic rings. The Balaban J connectivity index is 2.11. The largest absolute Gasteiger partial charge is 0.356 e. The number of nitrogens with zero attached hydrogens (tertiary/aromatic N) is 2. The predicted molar refractivity (Wildman–Crippen MR) is 64.0 cm³/mol. The van der Waals surface area contributed by atoms with Gasteiger partial charge in [-0.05, 0) is 25.3 Å². The fourth-order valence-electron chi connectivity index (χ4n) is 2.34. The van der Waals surface area contributed by atoms with Crippen LogP contribution in [0.25, 0.3) is 10.9 Å². The normalized spacial score (nSPS) is 20.6. The summed E-state index contributed by atoms with van der Waals surface area (Å²) in [5, 5.41) is 5.25. The van der Waals surface area contributed by atoms with E-state index < -0.39 is 0 Å². The summed E-state index contributed by atoms with van der Waals surface area (Å²) in [4.78, 5) is 11.0. The minimum Gasteiger partial charge on any atom is -0.356 e. The van der Waals surface area contributed by atoms with Gasteiger partial charge in [0.1, 0.15) is 5.69 Å². The van der Waals surface area contributed by atoms with Crippen molar-refractivity contribution < 1.29 is 9.53 Å². The van der Waals surface area contributed by atoms with Crippen LogP contribution < -0.4 is 0 Å². The molecular formula is C13H14N2O2. The van der Waals surface area contributed by atoms with E-state index in [1.54, 1.807) is 0 Å². The number of ether oxygens (including phenoxy) is 1. The lowest BCUT2D eigenvalue weighted by Crippen LogP contribution is -2.19. The fourth-order valence-corrected chi connectivity index (χ4v) is 2.34. The van der Waals surface area contributed by atoms with E-state index in [4.69, 9.17) is 4.74 Å². The zero-order valence-electron chi connectivity index (χ0n) is 9.50. The Morgan fingerprint density at radius 2 is 2.24 bits per heavy atom. The van der Waals surface area contributed by atoms with Crippen LogP contribution in [0.4, 0.5) is 0 Å². The SMILES string of the molecule is O=Cc1nn([C@@H]2CCCCO2)c2ccccc12. The van der Waals surface area contributed by atoms with Crippen LogP contribution in [0.3, 0.4) is 0 Å². The Morgan fingerprint density at radius 3 is 3.00 bits per heavy atom. The van der Waals surface area contributed by atoms with Gasteiger partial charge in [-0.2, -0.15) is 5.10 Å². The standard InChI is InChI=1S/C13H14N2O2/c16-9-11-10-5-1-2-6-12(10)15(14-11)13-7-3-4-8-17-13/h1-2,5-6,9,13H,3-4,7-8H2/t13-/m0/s1. The molecule has 1 saturated heterocycles. The number of benzene rings is 1. The number of carbonyl (C=O) groups excluding carboxylic acids is 1. The van der Waals surface area contributed by atoms with Gasteiger partial charge in [0.15, 0.2) is 12.5 Å². The fraction of sp³-hybridized carbons (Fsp3) is 0.385. The van der Waals surface area contributed by atoms with Crippen molar-refractivity contribution >= 4 is 17.2 Å². The summed E-state index contributed by atoms with van der Waals surface area (Å²) < 4.78 is 7.56. The Morgan fingerprint density at radius 1 is 1.35 bits per heavy atom. The van der Waals surface area contributed by atoms with Crippen LogP contribution in [0.5, 0.6) is 0 Å². The third kappa shape index (κ3) is 1.74. The summed E-state index contributed by atoms with van der Waals surface area (Å²) >= 11 is 0. The van der Waals surface area contributed by atoms with Gasteiger partial charge in [-0.25, -0.2) is 4.68 Å². The third-order valence-electron chi connectivity index (χ3n) is 3.18. The molecule has 3 rings (SSSR count). The minimum atomic E-state index is -0.0256. The van der Waals surface area contributed by atoms with E-state index in [9.17, 15) is 4.79 Å². The monoisotopic (exact) mass is 230 g/mol. The number of para-hydroxylation sites is 1. The lowest BCUT2D eigenvalue weighted by molar-refractivity contribution is -0.0367. The van der Waals surface area contributed by atoms with Crippen molar-refractivity contribution in [3.05, 3.63) is 30.0 Å². The zero-order valence-corrected chi connectivity index (χ0v) is 9.50. The molecule has 88 valence electrons. The highest BCUT2D eigenvalue weighted by Crippen LogP contribution is 2.27. The molecule has 0 N–H and O–H groups in total. The second-order valence-corrected chi connectivity index (χ2v) is 4.29. The molecule has 1 atom stereocenters. The highest BCUT2D eigenvalue weighted by atomic mass is 16.5. The molecule has 0 radical (unpaired) electrons. The van der Waals surface area contributed by atoms with Gasteiger partial charge in [0.05, 0.1) is 5.52 Å². The van der Waals surface area contributed by atoms with Crippen LogP contribution in [-0.2, 0) is 4.74 Å². The van der Waals surface area contributed by atoms with Crippen LogP contribution in [0, 0.1) is 0 Å². The van der Waals surface area contributed by atoms with Crippen molar-refractivity contribution in [2.45, 2.75) is 25.5 Å². The molecule has 0 saturated carbocycles. The number of hydrogen-bond donors (Lipinski definition) is 0. The first-order valence-corrected chi connectivity index (χ1v) is 5.94. The van der Waals surface area contributed by atoms with Crippen LogP contribution in [-0.4, -0.2) is 22.7 Å². The molecule has 1 aliphatic heterocycles. The molecule has 1 aromatic heterocycles. The first kappa shape index (κ1) is 10.5. The summed E-state index contributed by atoms with van der Waals surface area (Å²) in [5.41, 5.74) is 1.47. The van der Waals surface area contributed by atoms with Gasteiger partial charge >= 0.3 is 0 Å². The average molecular weight is 230 g/mol. The number of aldehydes is 1. The van der Waals surface area contributed by atoms with E-state index in [2.05, 4.69) is 5.10 Å². The number of hydrogen-bond acceptors (Lipinski definition) is 3. The molecule has 17 heavy (non-hydrogen) atoms. The second kappa shape index (κ2) is 4.30. The maximum Gasteiger partial charge on any atom is 0.170 e. The first-order valence-electron chi connectivity index (χ1n) is 5.94.